The van der Waals surface area contributed by atoms with Crippen LogP contribution in [0.2, 0.25) is 0 Å². The summed E-state index contributed by atoms with van der Waals surface area (Å²) < 4.78 is 0. The highest BCUT2D eigenvalue weighted by atomic mass is 16.4. The van der Waals surface area contributed by atoms with E-state index in [2.05, 4.69) is 10.6 Å². The SMILES string of the molecule is CC(=O)c1ccc(NC(=O)CN[C@@H](C)C(=O)O)cc1. The molecule has 0 radical (unpaired) electrons. The van der Waals surface area contributed by atoms with Crippen molar-refractivity contribution in [2.75, 3.05) is 11.9 Å². The van der Waals surface area contributed by atoms with Crippen LogP contribution in [0.1, 0.15) is 24.2 Å². The van der Waals surface area contributed by atoms with E-state index in [1.807, 2.05) is 0 Å². The molecule has 1 amide bonds. The van der Waals surface area contributed by atoms with Gasteiger partial charge in [0, 0.05) is 11.3 Å². The van der Waals surface area contributed by atoms with E-state index < -0.39 is 12.0 Å². The van der Waals surface area contributed by atoms with Crippen molar-refractivity contribution in [2.24, 2.45) is 0 Å². The van der Waals surface area contributed by atoms with Crippen molar-refractivity contribution in [3.8, 4) is 0 Å². The Morgan fingerprint density at radius 2 is 1.79 bits per heavy atom. The molecule has 0 bridgehead atoms. The zero-order chi connectivity index (χ0) is 14.4. The molecule has 1 aromatic carbocycles. The molecule has 0 fully saturated rings. The Hall–Kier alpha value is -2.21. The molecule has 0 aromatic heterocycles. The number of amides is 1. The Balaban J connectivity index is 2.48. The second-order valence-electron chi connectivity index (χ2n) is 4.12. The highest BCUT2D eigenvalue weighted by Gasteiger charge is 2.11. The number of carbonyl (C=O) groups excluding carboxylic acids is 2. The number of carboxylic acids is 1. The van der Waals surface area contributed by atoms with Crippen molar-refractivity contribution in [3.05, 3.63) is 29.8 Å². The van der Waals surface area contributed by atoms with E-state index in [9.17, 15) is 14.4 Å². The number of nitrogens with one attached hydrogen (secondary N) is 2. The molecule has 0 aliphatic rings. The van der Waals surface area contributed by atoms with Crippen LogP contribution in [0.4, 0.5) is 5.69 Å². The predicted octanol–water partition coefficient (Wildman–Crippen LogP) is 0.890. The van der Waals surface area contributed by atoms with Crippen LogP contribution in [0, 0.1) is 0 Å². The van der Waals surface area contributed by atoms with E-state index in [0.717, 1.165) is 0 Å². The van der Waals surface area contributed by atoms with Gasteiger partial charge in [0.2, 0.25) is 5.91 Å². The molecule has 1 aromatic rings. The van der Waals surface area contributed by atoms with Crippen LogP contribution in [0.5, 0.6) is 0 Å². The molecule has 0 aliphatic carbocycles. The summed E-state index contributed by atoms with van der Waals surface area (Å²) in [7, 11) is 0. The highest BCUT2D eigenvalue weighted by Crippen LogP contribution is 2.09. The number of benzene rings is 1. The molecule has 0 spiro atoms. The van der Waals surface area contributed by atoms with Gasteiger partial charge in [-0.25, -0.2) is 0 Å². The number of carbonyl (C=O) groups is 3. The maximum absolute atomic E-state index is 11.5. The van der Waals surface area contributed by atoms with Gasteiger partial charge in [0.15, 0.2) is 5.78 Å². The highest BCUT2D eigenvalue weighted by molar-refractivity contribution is 5.96. The average molecular weight is 264 g/mol. The summed E-state index contributed by atoms with van der Waals surface area (Å²) in [4.78, 5) is 33.1. The number of anilines is 1. The quantitative estimate of drug-likeness (QED) is 0.663. The first kappa shape index (κ1) is 14.8. The van der Waals surface area contributed by atoms with Crippen molar-refractivity contribution in [2.45, 2.75) is 19.9 Å². The molecule has 0 saturated carbocycles. The molecule has 19 heavy (non-hydrogen) atoms. The Kier molecular flexibility index (Phi) is 5.20. The Morgan fingerprint density at radius 1 is 1.21 bits per heavy atom. The number of aliphatic carboxylic acids is 1. The minimum Gasteiger partial charge on any atom is -0.480 e. The van der Waals surface area contributed by atoms with Crippen LogP contribution in [0.25, 0.3) is 0 Å². The molecule has 102 valence electrons. The normalized spacial score (nSPS) is 11.7. The second kappa shape index (κ2) is 6.65. The monoisotopic (exact) mass is 264 g/mol. The Labute approximate surface area is 110 Å². The number of ketones is 1. The van der Waals surface area contributed by atoms with Gasteiger partial charge >= 0.3 is 5.97 Å². The van der Waals surface area contributed by atoms with Crippen LogP contribution in [-0.4, -0.2) is 35.4 Å². The zero-order valence-corrected chi connectivity index (χ0v) is 10.8. The summed E-state index contributed by atoms with van der Waals surface area (Å²) in [5.74, 6) is -1.41. The first-order valence-electron chi connectivity index (χ1n) is 5.77. The van der Waals surface area contributed by atoms with Crippen molar-refractivity contribution in [3.63, 3.8) is 0 Å². The minimum atomic E-state index is -1.02. The summed E-state index contributed by atoms with van der Waals surface area (Å²) in [5, 5.41) is 13.8. The fraction of sp³-hybridized carbons (Fsp3) is 0.308. The van der Waals surface area contributed by atoms with E-state index >= 15 is 0 Å². The first-order valence-corrected chi connectivity index (χ1v) is 5.77. The van der Waals surface area contributed by atoms with Gasteiger partial charge < -0.3 is 10.4 Å². The number of Topliss-reactive ketones (excluding diaryl/α,β-unsaturated/α-hetero) is 1. The number of hydrogen-bond acceptors (Lipinski definition) is 4. The first-order chi connectivity index (χ1) is 8.90. The molecular weight excluding hydrogens is 248 g/mol. The standard InChI is InChI=1S/C13H16N2O4/c1-8(13(18)19)14-7-12(17)15-11-5-3-10(4-6-11)9(2)16/h3-6,8,14H,7H2,1-2H3,(H,15,17)(H,18,19)/t8-/m0/s1. The van der Waals surface area contributed by atoms with E-state index in [0.29, 0.717) is 11.3 Å². The molecule has 6 heteroatoms. The van der Waals surface area contributed by atoms with Crippen LogP contribution in [-0.2, 0) is 9.59 Å². The molecule has 6 nitrogen and oxygen atoms in total. The number of hydrogen-bond donors (Lipinski definition) is 3. The van der Waals surface area contributed by atoms with Crippen LogP contribution < -0.4 is 10.6 Å². The third kappa shape index (κ3) is 4.89. The van der Waals surface area contributed by atoms with Crippen LogP contribution in [0.15, 0.2) is 24.3 Å². The number of carboxylic acid groups (broad SMARTS) is 1. The predicted molar refractivity (Wildman–Crippen MR) is 70.2 cm³/mol. The zero-order valence-electron chi connectivity index (χ0n) is 10.8. The third-order valence-corrected chi connectivity index (χ3v) is 2.51. The van der Waals surface area contributed by atoms with E-state index in [4.69, 9.17) is 5.11 Å². The lowest BCUT2D eigenvalue weighted by molar-refractivity contribution is -0.139. The van der Waals surface area contributed by atoms with E-state index in [-0.39, 0.29) is 18.2 Å². The van der Waals surface area contributed by atoms with Gasteiger partial charge in [-0.2, -0.15) is 0 Å². The third-order valence-electron chi connectivity index (χ3n) is 2.51. The topological polar surface area (TPSA) is 95.5 Å². The summed E-state index contributed by atoms with van der Waals surface area (Å²) in [5.41, 5.74) is 1.12. The second-order valence-corrected chi connectivity index (χ2v) is 4.12. The minimum absolute atomic E-state index is 0.0465. The Bertz CT molecular complexity index is 482. The van der Waals surface area contributed by atoms with Gasteiger partial charge in [0.1, 0.15) is 6.04 Å². The lowest BCUT2D eigenvalue weighted by Gasteiger charge is -2.09. The summed E-state index contributed by atoms with van der Waals surface area (Å²) in [6.45, 7) is 2.82. The summed E-state index contributed by atoms with van der Waals surface area (Å²) >= 11 is 0. The molecule has 0 aliphatic heterocycles. The van der Waals surface area contributed by atoms with Crippen LogP contribution in [0.3, 0.4) is 0 Å². The lowest BCUT2D eigenvalue weighted by Crippen LogP contribution is -2.39. The van der Waals surface area contributed by atoms with Gasteiger partial charge in [-0.3, -0.25) is 19.7 Å². The smallest absolute Gasteiger partial charge is 0.320 e. The number of rotatable bonds is 6. The van der Waals surface area contributed by atoms with E-state index in [1.165, 1.54) is 13.8 Å². The lowest BCUT2D eigenvalue weighted by atomic mass is 10.1. The van der Waals surface area contributed by atoms with Gasteiger partial charge in [0.05, 0.1) is 6.54 Å². The maximum Gasteiger partial charge on any atom is 0.320 e. The molecule has 1 rings (SSSR count). The fourth-order valence-electron chi connectivity index (χ4n) is 1.33. The fourth-order valence-corrected chi connectivity index (χ4v) is 1.33. The molecule has 0 unspecified atom stereocenters. The Morgan fingerprint density at radius 3 is 2.26 bits per heavy atom. The summed E-state index contributed by atoms with van der Waals surface area (Å²) in [6, 6.07) is 5.69. The average Bonchev–Trinajstić information content (AvgIpc) is 2.36. The maximum atomic E-state index is 11.5. The van der Waals surface area contributed by atoms with Crippen molar-refractivity contribution >= 4 is 23.3 Å². The van der Waals surface area contributed by atoms with Gasteiger partial charge in [-0.1, -0.05) is 0 Å². The van der Waals surface area contributed by atoms with Gasteiger partial charge in [0.25, 0.3) is 0 Å². The van der Waals surface area contributed by atoms with Crippen molar-refractivity contribution in [1.29, 1.82) is 0 Å². The van der Waals surface area contributed by atoms with Crippen molar-refractivity contribution < 1.29 is 19.5 Å². The largest absolute Gasteiger partial charge is 0.480 e. The molecular formula is C13H16N2O4. The molecule has 0 heterocycles. The van der Waals surface area contributed by atoms with Crippen LogP contribution >= 0.6 is 0 Å². The molecule has 3 N–H and O–H groups in total. The van der Waals surface area contributed by atoms with Gasteiger partial charge in [-0.15, -0.1) is 0 Å². The molecule has 0 saturated heterocycles. The molecule has 1 atom stereocenters. The van der Waals surface area contributed by atoms with E-state index in [1.54, 1.807) is 24.3 Å². The van der Waals surface area contributed by atoms with Gasteiger partial charge in [-0.05, 0) is 38.1 Å². The summed E-state index contributed by atoms with van der Waals surface area (Å²) in [6.07, 6.45) is 0. The van der Waals surface area contributed by atoms with Crippen molar-refractivity contribution in [1.82, 2.24) is 5.32 Å².